The molecule has 1 aliphatic heterocycles. The number of oxime groups is 1. The van der Waals surface area contributed by atoms with Crippen molar-refractivity contribution >= 4 is 17.3 Å². The van der Waals surface area contributed by atoms with E-state index < -0.39 is 0 Å². The van der Waals surface area contributed by atoms with Crippen molar-refractivity contribution in [2.24, 2.45) is 22.9 Å². The standard InChI is InChI=1S/C14H16ClNO3/c15-11-4-2-1-3-10(11)13-12-8(6-17)5-9(7-18)14(12)19-16-13/h1-4,8-9,12,14,17-18H,5-7H2/t8-,9+,12-,14-/m1/s1. The molecule has 4 atom stereocenters. The van der Waals surface area contributed by atoms with E-state index in [1.54, 1.807) is 0 Å². The van der Waals surface area contributed by atoms with Crippen LogP contribution in [-0.2, 0) is 4.84 Å². The summed E-state index contributed by atoms with van der Waals surface area (Å²) in [4.78, 5) is 5.49. The predicted octanol–water partition coefficient (Wildman–Crippen LogP) is 1.68. The second kappa shape index (κ2) is 5.12. The van der Waals surface area contributed by atoms with Gasteiger partial charge in [0.15, 0.2) is 0 Å². The van der Waals surface area contributed by atoms with E-state index in [2.05, 4.69) is 5.16 Å². The largest absolute Gasteiger partial charge is 0.396 e. The van der Waals surface area contributed by atoms with Crippen LogP contribution in [0, 0.1) is 17.8 Å². The molecular weight excluding hydrogens is 266 g/mol. The first kappa shape index (κ1) is 12.9. The summed E-state index contributed by atoms with van der Waals surface area (Å²) >= 11 is 6.21. The van der Waals surface area contributed by atoms with Crippen LogP contribution in [0.5, 0.6) is 0 Å². The summed E-state index contributed by atoms with van der Waals surface area (Å²) in [6, 6.07) is 7.50. The summed E-state index contributed by atoms with van der Waals surface area (Å²) in [5.74, 6) is 0.118. The Kier molecular flexibility index (Phi) is 3.48. The molecule has 0 bridgehead atoms. The molecule has 0 unspecified atom stereocenters. The minimum atomic E-state index is -0.145. The summed E-state index contributed by atoms with van der Waals surface area (Å²) in [7, 11) is 0. The van der Waals surface area contributed by atoms with Gasteiger partial charge in [0.1, 0.15) is 6.10 Å². The summed E-state index contributed by atoms with van der Waals surface area (Å²) in [6.45, 7) is 0.132. The lowest BCUT2D eigenvalue weighted by Crippen LogP contribution is -2.28. The molecule has 1 heterocycles. The van der Waals surface area contributed by atoms with Gasteiger partial charge in [-0.05, 0) is 18.4 Å². The van der Waals surface area contributed by atoms with E-state index in [0.29, 0.717) is 5.02 Å². The van der Waals surface area contributed by atoms with Gasteiger partial charge >= 0.3 is 0 Å². The molecule has 1 aliphatic carbocycles. The van der Waals surface area contributed by atoms with Crippen LogP contribution in [0.2, 0.25) is 5.02 Å². The third-order valence-electron chi connectivity index (χ3n) is 4.14. The summed E-state index contributed by atoms with van der Waals surface area (Å²) in [5, 5.41) is 23.7. The van der Waals surface area contributed by atoms with Crippen molar-refractivity contribution in [2.45, 2.75) is 12.5 Å². The van der Waals surface area contributed by atoms with Crippen LogP contribution in [0.1, 0.15) is 12.0 Å². The van der Waals surface area contributed by atoms with E-state index in [1.165, 1.54) is 0 Å². The van der Waals surface area contributed by atoms with Gasteiger partial charge in [0, 0.05) is 29.7 Å². The Hall–Kier alpha value is -1.10. The molecule has 2 aliphatic rings. The Morgan fingerprint density at radius 1 is 1.21 bits per heavy atom. The number of fused-ring (bicyclic) bond motifs is 1. The zero-order valence-corrected chi connectivity index (χ0v) is 11.1. The van der Waals surface area contributed by atoms with Crippen molar-refractivity contribution in [1.82, 2.24) is 0 Å². The molecule has 0 amide bonds. The topological polar surface area (TPSA) is 62.0 Å². The molecule has 0 spiro atoms. The number of aliphatic hydroxyl groups excluding tert-OH is 2. The highest BCUT2D eigenvalue weighted by Gasteiger charge is 2.50. The lowest BCUT2D eigenvalue weighted by atomic mass is 9.87. The number of rotatable bonds is 3. The molecule has 1 aromatic carbocycles. The Balaban J connectivity index is 1.95. The fraction of sp³-hybridized carbons (Fsp3) is 0.500. The molecule has 0 radical (unpaired) electrons. The molecular formula is C14H16ClNO3. The average molecular weight is 282 g/mol. The Morgan fingerprint density at radius 3 is 2.63 bits per heavy atom. The van der Waals surface area contributed by atoms with Crippen LogP contribution < -0.4 is 0 Å². The molecule has 1 aromatic rings. The van der Waals surface area contributed by atoms with E-state index in [1.807, 2.05) is 24.3 Å². The fourth-order valence-corrected chi connectivity index (χ4v) is 3.44. The van der Waals surface area contributed by atoms with Gasteiger partial charge in [0.25, 0.3) is 0 Å². The van der Waals surface area contributed by atoms with Crippen LogP contribution in [-0.4, -0.2) is 35.2 Å². The maximum absolute atomic E-state index is 9.54. The van der Waals surface area contributed by atoms with E-state index in [0.717, 1.165) is 17.7 Å². The minimum Gasteiger partial charge on any atom is -0.396 e. The minimum absolute atomic E-state index is 0.0158. The third-order valence-corrected chi connectivity index (χ3v) is 4.47. The summed E-state index contributed by atoms with van der Waals surface area (Å²) < 4.78 is 0. The number of aliphatic hydroxyl groups is 2. The average Bonchev–Trinajstić information content (AvgIpc) is 2.99. The lowest BCUT2D eigenvalue weighted by Gasteiger charge is -2.17. The highest BCUT2D eigenvalue weighted by atomic mass is 35.5. The van der Waals surface area contributed by atoms with Crippen LogP contribution in [0.15, 0.2) is 29.4 Å². The van der Waals surface area contributed by atoms with Crippen LogP contribution in [0.25, 0.3) is 0 Å². The molecule has 4 nitrogen and oxygen atoms in total. The molecule has 2 N–H and O–H groups in total. The van der Waals surface area contributed by atoms with Crippen molar-refractivity contribution in [3.63, 3.8) is 0 Å². The number of halogens is 1. The van der Waals surface area contributed by atoms with Gasteiger partial charge in [0.05, 0.1) is 11.6 Å². The fourth-order valence-electron chi connectivity index (χ4n) is 3.20. The van der Waals surface area contributed by atoms with E-state index >= 15 is 0 Å². The number of hydrogen-bond acceptors (Lipinski definition) is 4. The summed E-state index contributed by atoms with van der Waals surface area (Å²) in [5.41, 5.74) is 1.65. The van der Waals surface area contributed by atoms with Crippen LogP contribution in [0.4, 0.5) is 0 Å². The molecule has 0 aromatic heterocycles. The van der Waals surface area contributed by atoms with Gasteiger partial charge in [-0.2, -0.15) is 0 Å². The van der Waals surface area contributed by atoms with E-state index in [4.69, 9.17) is 16.4 Å². The maximum Gasteiger partial charge on any atom is 0.141 e. The Morgan fingerprint density at radius 2 is 1.95 bits per heavy atom. The van der Waals surface area contributed by atoms with Crippen molar-refractivity contribution in [1.29, 1.82) is 0 Å². The number of hydrogen-bond donors (Lipinski definition) is 2. The monoisotopic (exact) mass is 281 g/mol. The van der Waals surface area contributed by atoms with Gasteiger partial charge in [-0.25, -0.2) is 0 Å². The molecule has 0 saturated heterocycles. The smallest absolute Gasteiger partial charge is 0.141 e. The molecule has 5 heteroatoms. The third kappa shape index (κ3) is 2.04. The Labute approximate surface area is 116 Å². The summed E-state index contributed by atoms with van der Waals surface area (Å²) in [6.07, 6.45) is 0.611. The lowest BCUT2D eigenvalue weighted by molar-refractivity contribution is 0.0198. The zero-order chi connectivity index (χ0) is 13.4. The zero-order valence-electron chi connectivity index (χ0n) is 10.4. The number of benzene rings is 1. The second-order valence-corrected chi connectivity index (χ2v) is 5.58. The molecule has 1 fully saturated rings. The van der Waals surface area contributed by atoms with Gasteiger partial charge < -0.3 is 15.1 Å². The van der Waals surface area contributed by atoms with E-state index in [9.17, 15) is 10.2 Å². The van der Waals surface area contributed by atoms with Crippen molar-refractivity contribution in [3.8, 4) is 0 Å². The highest BCUT2D eigenvalue weighted by molar-refractivity contribution is 6.34. The van der Waals surface area contributed by atoms with Crippen molar-refractivity contribution in [3.05, 3.63) is 34.9 Å². The SMILES string of the molecule is OC[C@@H]1C[C@H](CO)[C@@H]2C(c3ccccc3Cl)=NO[C@H]12. The number of nitrogens with zero attached hydrogens (tertiary/aromatic N) is 1. The quantitative estimate of drug-likeness (QED) is 0.886. The van der Waals surface area contributed by atoms with E-state index in [-0.39, 0.29) is 37.1 Å². The second-order valence-electron chi connectivity index (χ2n) is 5.17. The van der Waals surface area contributed by atoms with Crippen molar-refractivity contribution < 1.29 is 15.1 Å². The first-order valence-electron chi connectivity index (χ1n) is 6.46. The Bertz CT molecular complexity index is 505. The highest BCUT2D eigenvalue weighted by Crippen LogP contribution is 2.44. The van der Waals surface area contributed by atoms with Gasteiger partial charge in [-0.1, -0.05) is 35.0 Å². The van der Waals surface area contributed by atoms with Gasteiger partial charge in [-0.15, -0.1) is 0 Å². The van der Waals surface area contributed by atoms with Crippen LogP contribution >= 0.6 is 11.6 Å². The maximum atomic E-state index is 9.54. The first-order chi connectivity index (χ1) is 9.26. The first-order valence-corrected chi connectivity index (χ1v) is 6.84. The molecule has 19 heavy (non-hydrogen) atoms. The van der Waals surface area contributed by atoms with Gasteiger partial charge in [0.2, 0.25) is 0 Å². The molecule has 102 valence electrons. The predicted molar refractivity (Wildman–Crippen MR) is 72.1 cm³/mol. The van der Waals surface area contributed by atoms with Crippen LogP contribution in [0.3, 0.4) is 0 Å². The van der Waals surface area contributed by atoms with Gasteiger partial charge in [-0.3, -0.25) is 0 Å². The molecule has 3 rings (SSSR count). The molecule has 1 saturated carbocycles. The normalized spacial score (nSPS) is 32.9. The van der Waals surface area contributed by atoms with Crippen molar-refractivity contribution in [2.75, 3.05) is 13.2 Å².